The fourth-order valence-corrected chi connectivity index (χ4v) is 3.91. The van der Waals surface area contributed by atoms with Gasteiger partial charge in [-0.15, -0.1) is 0 Å². The third kappa shape index (κ3) is 2.09. The molecule has 0 bridgehead atoms. The Kier molecular flexibility index (Phi) is 3.19. The summed E-state index contributed by atoms with van der Waals surface area (Å²) in [6.07, 6.45) is 7.93. The van der Waals surface area contributed by atoms with E-state index in [-0.39, 0.29) is 0 Å². The highest BCUT2D eigenvalue weighted by molar-refractivity contribution is 5.39. The van der Waals surface area contributed by atoms with Gasteiger partial charge in [0, 0.05) is 6.04 Å². The van der Waals surface area contributed by atoms with Crippen molar-refractivity contribution >= 4 is 0 Å². The van der Waals surface area contributed by atoms with Crippen LogP contribution >= 0.6 is 0 Å². The molecular formula is C17H25N. The Morgan fingerprint density at radius 3 is 2.94 bits per heavy atom. The van der Waals surface area contributed by atoms with Crippen molar-refractivity contribution in [1.29, 1.82) is 0 Å². The predicted octanol–water partition coefficient (Wildman–Crippen LogP) is 3.60. The fraction of sp³-hybridized carbons (Fsp3) is 0.647. The third-order valence-corrected chi connectivity index (χ3v) is 5.03. The largest absolute Gasteiger partial charge is 0.314 e. The molecule has 1 aromatic rings. The zero-order valence-electron chi connectivity index (χ0n) is 11.8. The Hall–Kier alpha value is -0.820. The molecule has 18 heavy (non-hydrogen) atoms. The van der Waals surface area contributed by atoms with Crippen molar-refractivity contribution in [3.8, 4) is 0 Å². The minimum atomic E-state index is 0.407. The van der Waals surface area contributed by atoms with Crippen molar-refractivity contribution in [3.63, 3.8) is 0 Å². The van der Waals surface area contributed by atoms with Crippen LogP contribution in [0.4, 0.5) is 0 Å². The molecule has 2 unspecified atom stereocenters. The molecule has 3 rings (SSSR count). The normalized spacial score (nSPS) is 30.7. The minimum absolute atomic E-state index is 0.407. The lowest BCUT2D eigenvalue weighted by molar-refractivity contribution is 0.457. The summed E-state index contributed by atoms with van der Waals surface area (Å²) >= 11 is 0. The average Bonchev–Trinajstić information content (AvgIpc) is 2.96. The highest BCUT2D eigenvalue weighted by atomic mass is 14.9. The van der Waals surface area contributed by atoms with Gasteiger partial charge in [-0.2, -0.15) is 0 Å². The first-order chi connectivity index (χ1) is 8.71. The fourth-order valence-electron chi connectivity index (χ4n) is 3.91. The summed E-state index contributed by atoms with van der Waals surface area (Å²) in [5.41, 5.74) is 5.22. The molecular weight excluding hydrogens is 218 g/mol. The first-order valence-electron chi connectivity index (χ1n) is 7.57. The maximum absolute atomic E-state index is 3.62. The quantitative estimate of drug-likeness (QED) is 0.855. The van der Waals surface area contributed by atoms with Crippen molar-refractivity contribution < 1.29 is 0 Å². The second-order valence-corrected chi connectivity index (χ2v) is 6.40. The van der Waals surface area contributed by atoms with Crippen molar-refractivity contribution in [1.82, 2.24) is 5.32 Å². The van der Waals surface area contributed by atoms with E-state index >= 15 is 0 Å². The zero-order chi connectivity index (χ0) is 12.6. The van der Waals surface area contributed by atoms with Gasteiger partial charge in [-0.1, -0.05) is 32.0 Å². The van der Waals surface area contributed by atoms with Gasteiger partial charge < -0.3 is 5.32 Å². The second-order valence-electron chi connectivity index (χ2n) is 6.40. The lowest BCUT2D eigenvalue weighted by Gasteiger charge is -2.26. The molecule has 1 N–H and O–H groups in total. The lowest BCUT2D eigenvalue weighted by atomic mass is 9.80. The van der Waals surface area contributed by atoms with E-state index < -0.39 is 0 Å². The molecule has 98 valence electrons. The van der Waals surface area contributed by atoms with E-state index in [4.69, 9.17) is 0 Å². The Morgan fingerprint density at radius 2 is 2.11 bits per heavy atom. The highest BCUT2D eigenvalue weighted by Gasteiger charge is 2.36. The molecule has 0 aliphatic heterocycles. The molecule has 1 nitrogen and oxygen atoms in total. The molecule has 1 aromatic carbocycles. The number of benzene rings is 1. The van der Waals surface area contributed by atoms with Crippen LogP contribution in [0.25, 0.3) is 0 Å². The van der Waals surface area contributed by atoms with Gasteiger partial charge in [-0.3, -0.25) is 0 Å². The van der Waals surface area contributed by atoms with Gasteiger partial charge in [-0.25, -0.2) is 0 Å². The SMILES string of the molecule is CCNC1CCC(C)(c2ccc3c(c2)CCC3)C1. The first kappa shape index (κ1) is 12.2. The van der Waals surface area contributed by atoms with Crippen molar-refractivity contribution in [2.75, 3.05) is 6.54 Å². The van der Waals surface area contributed by atoms with Crippen molar-refractivity contribution in [3.05, 3.63) is 34.9 Å². The van der Waals surface area contributed by atoms with Crippen LogP contribution in [0.5, 0.6) is 0 Å². The van der Waals surface area contributed by atoms with Gasteiger partial charge in [0.15, 0.2) is 0 Å². The molecule has 0 heterocycles. The maximum Gasteiger partial charge on any atom is 0.00756 e. The molecule has 0 amide bonds. The summed E-state index contributed by atoms with van der Waals surface area (Å²) < 4.78 is 0. The van der Waals surface area contributed by atoms with Crippen LogP contribution < -0.4 is 5.32 Å². The van der Waals surface area contributed by atoms with Crippen molar-refractivity contribution in [2.45, 2.75) is 63.8 Å². The first-order valence-corrected chi connectivity index (χ1v) is 7.57. The molecule has 2 atom stereocenters. The predicted molar refractivity (Wildman–Crippen MR) is 77.1 cm³/mol. The number of fused-ring (bicyclic) bond motifs is 1. The van der Waals surface area contributed by atoms with E-state index in [9.17, 15) is 0 Å². The van der Waals surface area contributed by atoms with Crippen LogP contribution in [0.3, 0.4) is 0 Å². The summed E-state index contributed by atoms with van der Waals surface area (Å²) in [5.74, 6) is 0. The summed E-state index contributed by atoms with van der Waals surface area (Å²) in [4.78, 5) is 0. The van der Waals surface area contributed by atoms with Crippen molar-refractivity contribution in [2.24, 2.45) is 0 Å². The molecule has 1 fully saturated rings. The summed E-state index contributed by atoms with van der Waals surface area (Å²) in [7, 11) is 0. The van der Waals surface area contributed by atoms with Crippen LogP contribution in [0.15, 0.2) is 18.2 Å². The Morgan fingerprint density at radius 1 is 1.28 bits per heavy atom. The number of hydrogen-bond acceptors (Lipinski definition) is 1. The number of hydrogen-bond donors (Lipinski definition) is 1. The van der Waals surface area contributed by atoms with E-state index in [1.54, 1.807) is 16.7 Å². The summed E-state index contributed by atoms with van der Waals surface area (Å²) in [6, 6.07) is 8.03. The highest BCUT2D eigenvalue weighted by Crippen LogP contribution is 2.42. The standard InChI is InChI=1S/C17H25N/c1-3-18-16-9-10-17(2,12-16)15-8-7-13-5-4-6-14(13)11-15/h7-8,11,16,18H,3-6,9-10,12H2,1-2H3. The molecule has 2 aliphatic rings. The second kappa shape index (κ2) is 4.70. The zero-order valence-corrected chi connectivity index (χ0v) is 11.8. The monoisotopic (exact) mass is 243 g/mol. The molecule has 0 aromatic heterocycles. The number of nitrogens with one attached hydrogen (secondary N) is 1. The van der Waals surface area contributed by atoms with Gasteiger partial charge in [0.2, 0.25) is 0 Å². The van der Waals surface area contributed by atoms with E-state index in [2.05, 4.69) is 37.4 Å². The molecule has 0 spiro atoms. The smallest absolute Gasteiger partial charge is 0.00756 e. The number of aryl methyl sites for hydroxylation is 2. The number of rotatable bonds is 3. The molecule has 0 radical (unpaired) electrons. The molecule has 2 aliphatic carbocycles. The summed E-state index contributed by atoms with van der Waals surface area (Å²) in [6.45, 7) is 5.77. The minimum Gasteiger partial charge on any atom is -0.314 e. The Bertz CT molecular complexity index is 437. The van der Waals surface area contributed by atoms with Crippen LogP contribution in [0, 0.1) is 0 Å². The average molecular weight is 243 g/mol. The Labute approximate surface area is 111 Å². The van der Waals surface area contributed by atoms with E-state index in [0.717, 1.165) is 12.6 Å². The van der Waals surface area contributed by atoms with Gasteiger partial charge in [0.25, 0.3) is 0 Å². The topological polar surface area (TPSA) is 12.0 Å². The molecule has 1 heteroatoms. The molecule has 1 saturated carbocycles. The Balaban J connectivity index is 1.82. The van der Waals surface area contributed by atoms with Crippen LogP contribution in [0.2, 0.25) is 0 Å². The third-order valence-electron chi connectivity index (χ3n) is 5.03. The van der Waals surface area contributed by atoms with E-state index in [1.807, 2.05) is 0 Å². The van der Waals surface area contributed by atoms with E-state index in [1.165, 1.54) is 38.5 Å². The molecule has 0 saturated heterocycles. The van der Waals surface area contributed by atoms with Crippen LogP contribution in [-0.4, -0.2) is 12.6 Å². The van der Waals surface area contributed by atoms with Gasteiger partial charge in [-0.05, 0) is 67.2 Å². The van der Waals surface area contributed by atoms with E-state index in [0.29, 0.717) is 5.41 Å². The maximum atomic E-state index is 3.62. The van der Waals surface area contributed by atoms with Crippen LogP contribution in [-0.2, 0) is 18.3 Å². The lowest BCUT2D eigenvalue weighted by Crippen LogP contribution is -2.28. The van der Waals surface area contributed by atoms with Gasteiger partial charge >= 0.3 is 0 Å². The van der Waals surface area contributed by atoms with Gasteiger partial charge in [0.1, 0.15) is 0 Å². The van der Waals surface area contributed by atoms with Crippen LogP contribution in [0.1, 0.15) is 56.2 Å². The van der Waals surface area contributed by atoms with Gasteiger partial charge in [0.05, 0.1) is 0 Å². The summed E-state index contributed by atoms with van der Waals surface area (Å²) in [5, 5.41) is 3.62.